The molecular formula is C14H27NS. The highest BCUT2D eigenvalue weighted by atomic mass is 32.2. The van der Waals surface area contributed by atoms with Gasteiger partial charge in [0.15, 0.2) is 0 Å². The first-order valence-electron chi connectivity index (χ1n) is 7.14. The molecule has 2 heteroatoms. The number of rotatable bonds is 5. The van der Waals surface area contributed by atoms with Gasteiger partial charge in [0.25, 0.3) is 0 Å². The van der Waals surface area contributed by atoms with Crippen LogP contribution in [-0.4, -0.2) is 24.1 Å². The molecule has 0 amide bonds. The summed E-state index contributed by atoms with van der Waals surface area (Å²) in [5.74, 6) is 1.04. The van der Waals surface area contributed by atoms with E-state index >= 15 is 0 Å². The standard InChI is InChI=1S/C14H27NS/c1-16-14-8-7-13(11-14)15-10-9-12-5-3-2-4-6-12/h12-15H,2-11H2,1H3. The normalized spacial score (nSPS) is 32.1. The molecule has 2 fully saturated rings. The Morgan fingerprint density at radius 1 is 1.06 bits per heavy atom. The Morgan fingerprint density at radius 3 is 2.56 bits per heavy atom. The van der Waals surface area contributed by atoms with Crippen LogP contribution in [0.5, 0.6) is 0 Å². The smallest absolute Gasteiger partial charge is 0.00779 e. The van der Waals surface area contributed by atoms with Crippen LogP contribution in [0.4, 0.5) is 0 Å². The minimum absolute atomic E-state index is 0.834. The number of thioether (sulfide) groups is 1. The summed E-state index contributed by atoms with van der Waals surface area (Å²) in [5.41, 5.74) is 0. The lowest BCUT2D eigenvalue weighted by Crippen LogP contribution is -2.29. The third kappa shape index (κ3) is 3.96. The second-order valence-electron chi connectivity index (χ2n) is 5.61. The van der Waals surface area contributed by atoms with Crippen molar-refractivity contribution in [1.82, 2.24) is 5.32 Å². The van der Waals surface area contributed by atoms with Crippen molar-refractivity contribution in [1.29, 1.82) is 0 Å². The highest BCUT2D eigenvalue weighted by molar-refractivity contribution is 7.99. The summed E-state index contributed by atoms with van der Waals surface area (Å²) in [7, 11) is 0. The lowest BCUT2D eigenvalue weighted by atomic mass is 9.87. The van der Waals surface area contributed by atoms with Crippen LogP contribution in [0, 0.1) is 5.92 Å². The van der Waals surface area contributed by atoms with E-state index < -0.39 is 0 Å². The molecule has 0 heterocycles. The van der Waals surface area contributed by atoms with E-state index in [0.717, 1.165) is 17.2 Å². The van der Waals surface area contributed by atoms with E-state index in [1.54, 1.807) is 0 Å². The van der Waals surface area contributed by atoms with Crippen LogP contribution in [0.25, 0.3) is 0 Å². The molecule has 2 aliphatic carbocycles. The molecule has 0 bridgehead atoms. The molecule has 0 aromatic heterocycles. The van der Waals surface area contributed by atoms with Crippen molar-refractivity contribution in [3.63, 3.8) is 0 Å². The Hall–Kier alpha value is 0.310. The summed E-state index contributed by atoms with van der Waals surface area (Å²) >= 11 is 2.06. The molecule has 1 N–H and O–H groups in total. The van der Waals surface area contributed by atoms with Gasteiger partial charge in [-0.25, -0.2) is 0 Å². The summed E-state index contributed by atoms with van der Waals surface area (Å²) < 4.78 is 0. The first kappa shape index (κ1) is 12.8. The fourth-order valence-electron chi connectivity index (χ4n) is 3.31. The van der Waals surface area contributed by atoms with Crippen molar-refractivity contribution < 1.29 is 0 Å². The molecule has 2 rings (SSSR count). The van der Waals surface area contributed by atoms with E-state index in [2.05, 4.69) is 23.3 Å². The van der Waals surface area contributed by atoms with Crippen LogP contribution < -0.4 is 5.32 Å². The highest BCUT2D eigenvalue weighted by Gasteiger charge is 2.23. The van der Waals surface area contributed by atoms with E-state index in [0.29, 0.717) is 0 Å². The molecule has 2 aliphatic rings. The first-order chi connectivity index (χ1) is 7.88. The Kier molecular flexibility index (Phi) is 5.51. The molecule has 2 atom stereocenters. The second-order valence-corrected chi connectivity index (χ2v) is 6.75. The molecule has 2 unspecified atom stereocenters. The first-order valence-corrected chi connectivity index (χ1v) is 8.43. The zero-order valence-electron chi connectivity index (χ0n) is 10.7. The average Bonchev–Trinajstić information content (AvgIpc) is 2.78. The quantitative estimate of drug-likeness (QED) is 0.785. The van der Waals surface area contributed by atoms with Crippen molar-refractivity contribution in [3.8, 4) is 0 Å². The van der Waals surface area contributed by atoms with Gasteiger partial charge >= 0.3 is 0 Å². The molecule has 0 aliphatic heterocycles. The van der Waals surface area contributed by atoms with Crippen molar-refractivity contribution in [2.75, 3.05) is 12.8 Å². The van der Waals surface area contributed by atoms with Crippen LogP contribution in [0.3, 0.4) is 0 Å². The number of hydrogen-bond acceptors (Lipinski definition) is 2. The lowest BCUT2D eigenvalue weighted by Gasteiger charge is -2.22. The van der Waals surface area contributed by atoms with Gasteiger partial charge in [0.2, 0.25) is 0 Å². The zero-order valence-corrected chi connectivity index (χ0v) is 11.5. The minimum atomic E-state index is 0.834. The maximum absolute atomic E-state index is 3.78. The molecule has 0 spiro atoms. The van der Waals surface area contributed by atoms with Gasteiger partial charge in [0.1, 0.15) is 0 Å². The van der Waals surface area contributed by atoms with Gasteiger partial charge < -0.3 is 5.32 Å². The van der Waals surface area contributed by atoms with Gasteiger partial charge in [-0.05, 0) is 44.4 Å². The van der Waals surface area contributed by atoms with Gasteiger partial charge in [-0.3, -0.25) is 0 Å². The molecule has 0 saturated heterocycles. The predicted octanol–water partition coefficient (Wildman–Crippen LogP) is 3.83. The fraction of sp³-hybridized carbons (Fsp3) is 1.00. The van der Waals surface area contributed by atoms with Crippen LogP contribution in [-0.2, 0) is 0 Å². The van der Waals surface area contributed by atoms with E-state index in [9.17, 15) is 0 Å². The van der Waals surface area contributed by atoms with Crippen molar-refractivity contribution in [2.24, 2.45) is 5.92 Å². The minimum Gasteiger partial charge on any atom is -0.314 e. The summed E-state index contributed by atoms with van der Waals surface area (Å²) in [6, 6.07) is 0.834. The van der Waals surface area contributed by atoms with Gasteiger partial charge in [-0.1, -0.05) is 32.1 Å². The maximum atomic E-state index is 3.78. The van der Waals surface area contributed by atoms with Crippen LogP contribution in [0.15, 0.2) is 0 Å². The van der Waals surface area contributed by atoms with Crippen LogP contribution in [0.1, 0.15) is 57.8 Å². The molecular weight excluding hydrogens is 214 g/mol. The lowest BCUT2D eigenvalue weighted by molar-refractivity contribution is 0.327. The topological polar surface area (TPSA) is 12.0 Å². The third-order valence-corrected chi connectivity index (χ3v) is 5.52. The zero-order chi connectivity index (χ0) is 11.2. The largest absolute Gasteiger partial charge is 0.314 e. The average molecular weight is 241 g/mol. The summed E-state index contributed by atoms with van der Waals surface area (Å²) in [6.07, 6.45) is 15.4. The number of nitrogens with one attached hydrogen (secondary N) is 1. The van der Waals surface area contributed by atoms with Gasteiger partial charge in [-0.2, -0.15) is 11.8 Å². The van der Waals surface area contributed by atoms with Crippen molar-refractivity contribution in [3.05, 3.63) is 0 Å². The van der Waals surface area contributed by atoms with Gasteiger partial charge in [0.05, 0.1) is 0 Å². The van der Waals surface area contributed by atoms with Crippen LogP contribution >= 0.6 is 11.8 Å². The molecule has 94 valence electrons. The summed E-state index contributed by atoms with van der Waals surface area (Å²) in [5, 5.41) is 4.72. The Morgan fingerprint density at radius 2 is 1.88 bits per heavy atom. The molecule has 0 aromatic carbocycles. The van der Waals surface area contributed by atoms with Gasteiger partial charge in [0, 0.05) is 11.3 Å². The highest BCUT2D eigenvalue weighted by Crippen LogP contribution is 2.29. The van der Waals surface area contributed by atoms with Crippen molar-refractivity contribution >= 4 is 11.8 Å². The Labute approximate surface area is 105 Å². The molecule has 2 saturated carbocycles. The number of hydrogen-bond donors (Lipinski definition) is 1. The third-order valence-electron chi connectivity index (χ3n) is 4.43. The van der Waals surface area contributed by atoms with E-state index in [1.807, 2.05) is 0 Å². The fourth-order valence-corrected chi connectivity index (χ4v) is 4.10. The van der Waals surface area contributed by atoms with Gasteiger partial charge in [-0.15, -0.1) is 0 Å². The summed E-state index contributed by atoms with van der Waals surface area (Å²) in [4.78, 5) is 0. The Bertz CT molecular complexity index is 189. The molecule has 0 radical (unpaired) electrons. The second kappa shape index (κ2) is 6.90. The maximum Gasteiger partial charge on any atom is 0.00779 e. The molecule has 16 heavy (non-hydrogen) atoms. The van der Waals surface area contributed by atoms with E-state index in [-0.39, 0.29) is 0 Å². The molecule has 1 nitrogen and oxygen atoms in total. The SMILES string of the molecule is CSC1CCC(NCCC2CCCCC2)C1. The molecule has 0 aromatic rings. The van der Waals surface area contributed by atoms with Crippen molar-refractivity contribution in [2.45, 2.75) is 69.1 Å². The Balaban J connectivity index is 1.54. The van der Waals surface area contributed by atoms with E-state index in [4.69, 9.17) is 0 Å². The predicted molar refractivity (Wildman–Crippen MR) is 74.1 cm³/mol. The summed E-state index contributed by atoms with van der Waals surface area (Å²) in [6.45, 7) is 1.27. The monoisotopic (exact) mass is 241 g/mol. The van der Waals surface area contributed by atoms with E-state index in [1.165, 1.54) is 64.3 Å². The van der Waals surface area contributed by atoms with Crippen LogP contribution in [0.2, 0.25) is 0 Å².